The van der Waals surface area contributed by atoms with Crippen LogP contribution in [-0.2, 0) is 4.79 Å². The first-order valence-electron chi connectivity index (χ1n) is 5.07. The van der Waals surface area contributed by atoms with Gasteiger partial charge >= 0.3 is 6.18 Å². The average Bonchev–Trinajstić information content (AvgIpc) is 1.94. The van der Waals surface area contributed by atoms with Gasteiger partial charge in [0.2, 0.25) is 5.91 Å². The van der Waals surface area contributed by atoms with E-state index in [-0.39, 0.29) is 6.42 Å². The van der Waals surface area contributed by atoms with Crippen molar-refractivity contribution in [2.45, 2.75) is 51.9 Å². The Balaban J connectivity index is 4.62. The first-order chi connectivity index (χ1) is 6.92. The molecule has 0 aliphatic carbocycles. The van der Waals surface area contributed by atoms with Crippen LogP contribution in [0.15, 0.2) is 0 Å². The molecule has 16 heavy (non-hydrogen) atoms. The molecular weight excluding hydrogens is 221 g/mol. The van der Waals surface area contributed by atoms with Gasteiger partial charge in [-0.25, -0.2) is 0 Å². The Morgan fingerprint density at radius 2 is 1.75 bits per heavy atom. The van der Waals surface area contributed by atoms with Crippen molar-refractivity contribution in [1.82, 2.24) is 4.90 Å². The molecule has 0 heterocycles. The number of nitrogens with zero attached hydrogens (tertiary/aromatic N) is 1. The van der Waals surface area contributed by atoms with Gasteiger partial charge in [0.25, 0.3) is 0 Å². The Morgan fingerprint density at radius 3 is 2.00 bits per heavy atom. The van der Waals surface area contributed by atoms with E-state index in [9.17, 15) is 18.0 Å². The summed E-state index contributed by atoms with van der Waals surface area (Å²) >= 11 is 0. The van der Waals surface area contributed by atoms with Crippen LogP contribution in [0.1, 0.15) is 34.1 Å². The van der Waals surface area contributed by atoms with Gasteiger partial charge in [0, 0.05) is 18.0 Å². The fraction of sp³-hybridized carbons (Fsp3) is 0.900. The fourth-order valence-corrected chi connectivity index (χ4v) is 1.24. The molecule has 0 aliphatic heterocycles. The number of halogens is 3. The van der Waals surface area contributed by atoms with E-state index in [1.165, 1.54) is 0 Å². The highest BCUT2D eigenvalue weighted by Crippen LogP contribution is 2.19. The number of nitrogens with two attached hydrogens (primary N) is 1. The Bertz CT molecular complexity index is 243. The maximum atomic E-state index is 12.2. The fourth-order valence-electron chi connectivity index (χ4n) is 1.24. The molecule has 0 saturated heterocycles. The van der Waals surface area contributed by atoms with Crippen molar-refractivity contribution in [1.29, 1.82) is 0 Å². The number of hydrogen-bond acceptors (Lipinski definition) is 2. The highest BCUT2D eigenvalue weighted by Gasteiger charge is 2.35. The maximum Gasteiger partial charge on any atom is 0.406 e. The monoisotopic (exact) mass is 240 g/mol. The Hall–Kier alpha value is -0.780. The number of alkyl halides is 3. The molecule has 0 aromatic heterocycles. The van der Waals surface area contributed by atoms with Crippen LogP contribution < -0.4 is 5.73 Å². The van der Waals surface area contributed by atoms with Crippen molar-refractivity contribution in [3.8, 4) is 0 Å². The zero-order valence-electron chi connectivity index (χ0n) is 10.1. The summed E-state index contributed by atoms with van der Waals surface area (Å²) in [6, 6.07) is -0.489. The lowest BCUT2D eigenvalue weighted by Crippen LogP contribution is -2.47. The van der Waals surface area contributed by atoms with E-state index in [2.05, 4.69) is 0 Å². The lowest BCUT2D eigenvalue weighted by atomic mass is 10.0. The molecule has 0 bridgehead atoms. The molecule has 96 valence electrons. The summed E-state index contributed by atoms with van der Waals surface area (Å²) < 4.78 is 36.7. The van der Waals surface area contributed by atoms with Crippen molar-refractivity contribution in [3.05, 3.63) is 0 Å². The first-order valence-corrected chi connectivity index (χ1v) is 5.07. The topological polar surface area (TPSA) is 46.3 Å². The summed E-state index contributed by atoms with van der Waals surface area (Å²) in [6.45, 7) is 5.09. The molecule has 0 aromatic rings. The molecule has 0 atom stereocenters. The van der Waals surface area contributed by atoms with Gasteiger partial charge in [-0.15, -0.1) is 0 Å². The molecule has 6 heteroatoms. The zero-order chi connectivity index (χ0) is 13.1. The molecule has 0 rings (SSSR count). The second-order valence-corrected chi connectivity index (χ2v) is 4.90. The van der Waals surface area contributed by atoms with Crippen molar-refractivity contribution >= 4 is 5.91 Å². The van der Waals surface area contributed by atoms with E-state index >= 15 is 0 Å². The van der Waals surface area contributed by atoms with E-state index in [4.69, 9.17) is 5.73 Å². The third kappa shape index (κ3) is 6.66. The second kappa shape index (κ2) is 5.03. The number of carbonyl (C=O) groups is 1. The van der Waals surface area contributed by atoms with Crippen molar-refractivity contribution in [2.75, 3.05) is 6.54 Å². The summed E-state index contributed by atoms with van der Waals surface area (Å²) in [6.07, 6.45) is -4.47. The molecule has 3 nitrogen and oxygen atoms in total. The van der Waals surface area contributed by atoms with Gasteiger partial charge in [-0.05, 0) is 27.7 Å². The number of rotatable bonds is 4. The predicted octanol–water partition coefficient (Wildman–Crippen LogP) is 1.91. The van der Waals surface area contributed by atoms with Crippen LogP contribution in [0.4, 0.5) is 13.2 Å². The molecule has 1 amide bonds. The van der Waals surface area contributed by atoms with Crippen LogP contribution in [0.25, 0.3) is 0 Å². The number of hydrogen-bond donors (Lipinski definition) is 1. The second-order valence-electron chi connectivity index (χ2n) is 4.90. The van der Waals surface area contributed by atoms with Crippen molar-refractivity contribution in [2.24, 2.45) is 5.73 Å². The normalized spacial score (nSPS) is 13.1. The van der Waals surface area contributed by atoms with Gasteiger partial charge in [0.1, 0.15) is 6.54 Å². The summed E-state index contributed by atoms with van der Waals surface area (Å²) in [4.78, 5) is 12.4. The third-order valence-electron chi connectivity index (χ3n) is 1.90. The molecule has 2 N–H and O–H groups in total. The minimum Gasteiger partial charge on any atom is -0.331 e. The summed E-state index contributed by atoms with van der Waals surface area (Å²) in [5, 5.41) is 0. The summed E-state index contributed by atoms with van der Waals surface area (Å²) in [7, 11) is 0. The van der Waals surface area contributed by atoms with Gasteiger partial charge in [-0.1, -0.05) is 0 Å². The van der Waals surface area contributed by atoms with Gasteiger partial charge in [-0.2, -0.15) is 13.2 Å². The summed E-state index contributed by atoms with van der Waals surface area (Å²) in [5.74, 6) is -0.570. The SMILES string of the molecule is CC(C)N(CC(F)(F)F)C(=O)CC(C)(C)N. The Kier molecular flexibility index (Phi) is 4.79. The van der Waals surface area contributed by atoms with E-state index in [1.54, 1.807) is 27.7 Å². The first kappa shape index (κ1) is 15.2. The molecule has 0 unspecified atom stereocenters. The van der Waals surface area contributed by atoms with Crippen LogP contribution in [0.3, 0.4) is 0 Å². The highest BCUT2D eigenvalue weighted by atomic mass is 19.4. The van der Waals surface area contributed by atoms with Crippen LogP contribution in [0.5, 0.6) is 0 Å². The molecule has 0 radical (unpaired) electrons. The van der Waals surface area contributed by atoms with E-state index in [0.29, 0.717) is 0 Å². The molecule has 0 aromatic carbocycles. The van der Waals surface area contributed by atoms with Gasteiger partial charge < -0.3 is 10.6 Å². The summed E-state index contributed by atoms with van der Waals surface area (Å²) in [5.41, 5.74) is 4.81. The molecule has 0 saturated carbocycles. The Labute approximate surface area is 93.8 Å². The third-order valence-corrected chi connectivity index (χ3v) is 1.90. The molecule has 0 aliphatic rings. The average molecular weight is 240 g/mol. The largest absolute Gasteiger partial charge is 0.406 e. The minimum absolute atomic E-state index is 0.0960. The Morgan fingerprint density at radius 1 is 1.31 bits per heavy atom. The van der Waals surface area contributed by atoms with Crippen LogP contribution in [-0.4, -0.2) is 35.1 Å². The number of carbonyl (C=O) groups excluding carboxylic acids is 1. The highest BCUT2D eigenvalue weighted by molar-refractivity contribution is 5.77. The number of amides is 1. The van der Waals surface area contributed by atoms with E-state index in [0.717, 1.165) is 4.90 Å². The lowest BCUT2D eigenvalue weighted by Gasteiger charge is -2.30. The molecular formula is C10H19F3N2O. The maximum absolute atomic E-state index is 12.2. The smallest absolute Gasteiger partial charge is 0.331 e. The van der Waals surface area contributed by atoms with E-state index < -0.39 is 30.2 Å². The standard InChI is InChI=1S/C10H19F3N2O/c1-7(2)15(6-10(11,12)13)8(16)5-9(3,4)14/h7H,5-6,14H2,1-4H3. The quantitative estimate of drug-likeness (QED) is 0.816. The van der Waals surface area contributed by atoms with Gasteiger partial charge in [0.15, 0.2) is 0 Å². The molecule has 0 spiro atoms. The minimum atomic E-state index is -4.38. The van der Waals surface area contributed by atoms with Crippen molar-refractivity contribution in [3.63, 3.8) is 0 Å². The van der Waals surface area contributed by atoms with E-state index in [1.807, 2.05) is 0 Å². The predicted molar refractivity (Wildman–Crippen MR) is 55.8 cm³/mol. The van der Waals surface area contributed by atoms with Crippen LogP contribution in [0, 0.1) is 0 Å². The van der Waals surface area contributed by atoms with Crippen LogP contribution >= 0.6 is 0 Å². The molecule has 0 fully saturated rings. The van der Waals surface area contributed by atoms with Crippen LogP contribution in [0.2, 0.25) is 0 Å². The van der Waals surface area contributed by atoms with Gasteiger partial charge in [0.05, 0.1) is 0 Å². The zero-order valence-corrected chi connectivity index (χ0v) is 10.1. The van der Waals surface area contributed by atoms with Crippen molar-refractivity contribution < 1.29 is 18.0 Å². The van der Waals surface area contributed by atoms with Gasteiger partial charge in [-0.3, -0.25) is 4.79 Å². The lowest BCUT2D eigenvalue weighted by molar-refractivity contribution is -0.165.